The number of carbonyl (C=O) groups is 1. The van der Waals surface area contributed by atoms with Crippen molar-refractivity contribution in [3.63, 3.8) is 0 Å². The van der Waals surface area contributed by atoms with Crippen molar-refractivity contribution in [1.29, 1.82) is 0 Å². The number of hydrogen-bond donors (Lipinski definition) is 1. The predicted octanol–water partition coefficient (Wildman–Crippen LogP) is 3.83. The van der Waals surface area contributed by atoms with E-state index in [1.54, 1.807) is 12.1 Å². The highest BCUT2D eigenvalue weighted by Crippen LogP contribution is 2.09. The van der Waals surface area contributed by atoms with E-state index < -0.39 is 11.6 Å². The van der Waals surface area contributed by atoms with E-state index in [4.69, 9.17) is 0 Å². The van der Waals surface area contributed by atoms with Crippen LogP contribution in [-0.2, 0) is 11.8 Å². The number of alkyl halides is 1. The Balaban J connectivity index is 1.88. The summed E-state index contributed by atoms with van der Waals surface area (Å²) in [7, 11) is 0. The number of rotatable bonds is 5. The van der Waals surface area contributed by atoms with Gasteiger partial charge in [0.25, 0.3) is 5.91 Å². The van der Waals surface area contributed by atoms with Gasteiger partial charge < -0.3 is 5.32 Å². The van der Waals surface area contributed by atoms with Gasteiger partial charge in [0, 0.05) is 23.5 Å². The van der Waals surface area contributed by atoms with Crippen molar-refractivity contribution < 1.29 is 13.6 Å². The fourth-order valence-corrected chi connectivity index (χ4v) is 2.30. The predicted molar refractivity (Wildman–Crippen MR) is 81.5 cm³/mol. The highest BCUT2D eigenvalue weighted by atomic mass is 79.9. The third-order valence-electron chi connectivity index (χ3n) is 2.99. The number of nitrogens with one attached hydrogen (secondary N) is 1. The summed E-state index contributed by atoms with van der Waals surface area (Å²) in [4.78, 5) is 11.9. The van der Waals surface area contributed by atoms with Crippen LogP contribution in [0, 0.1) is 11.6 Å². The highest BCUT2D eigenvalue weighted by molar-refractivity contribution is 9.08. The molecule has 0 bridgehead atoms. The van der Waals surface area contributed by atoms with Gasteiger partial charge in [0.1, 0.15) is 11.6 Å². The molecule has 0 saturated carbocycles. The van der Waals surface area contributed by atoms with Crippen molar-refractivity contribution >= 4 is 21.8 Å². The lowest BCUT2D eigenvalue weighted by molar-refractivity contribution is 0.0954. The van der Waals surface area contributed by atoms with E-state index in [9.17, 15) is 13.6 Å². The Bertz CT molecular complexity index is 608. The summed E-state index contributed by atoms with van der Waals surface area (Å²) < 4.78 is 26.0. The first kappa shape index (κ1) is 15.6. The lowest BCUT2D eigenvalue weighted by atomic mass is 10.1. The molecule has 2 aromatic carbocycles. The molecule has 110 valence electrons. The van der Waals surface area contributed by atoms with E-state index in [0.717, 1.165) is 17.0 Å². The van der Waals surface area contributed by atoms with Crippen LogP contribution in [0.25, 0.3) is 0 Å². The lowest BCUT2D eigenvalue weighted by Gasteiger charge is -2.06. The molecule has 2 rings (SSSR count). The standard InChI is InChI=1S/C16H14BrF2NO/c17-10-11-1-3-13(4-2-11)16(21)20-6-5-12-7-14(18)9-15(19)8-12/h1-4,7-9H,5-6,10H2,(H,20,21). The van der Waals surface area contributed by atoms with Crippen LogP contribution in [0.2, 0.25) is 0 Å². The summed E-state index contributed by atoms with van der Waals surface area (Å²) in [6, 6.07) is 10.6. The van der Waals surface area contributed by atoms with Gasteiger partial charge in [0.05, 0.1) is 0 Å². The first-order chi connectivity index (χ1) is 10.1. The van der Waals surface area contributed by atoms with Gasteiger partial charge in [-0.05, 0) is 41.8 Å². The third-order valence-corrected chi connectivity index (χ3v) is 3.64. The van der Waals surface area contributed by atoms with Gasteiger partial charge in [0.15, 0.2) is 0 Å². The Labute approximate surface area is 130 Å². The summed E-state index contributed by atoms with van der Waals surface area (Å²) >= 11 is 3.34. The average Bonchev–Trinajstić information content (AvgIpc) is 2.46. The average molecular weight is 354 g/mol. The molecule has 1 N–H and O–H groups in total. The van der Waals surface area contributed by atoms with Crippen LogP contribution in [-0.4, -0.2) is 12.5 Å². The molecular weight excluding hydrogens is 340 g/mol. The molecule has 0 fully saturated rings. The van der Waals surface area contributed by atoms with Crippen molar-refractivity contribution in [1.82, 2.24) is 5.32 Å². The Kier molecular flexibility index (Phi) is 5.44. The maximum absolute atomic E-state index is 13.0. The largest absolute Gasteiger partial charge is 0.352 e. The molecule has 2 aromatic rings. The van der Waals surface area contributed by atoms with E-state index in [0.29, 0.717) is 24.1 Å². The molecule has 0 aliphatic heterocycles. The molecule has 2 nitrogen and oxygen atoms in total. The summed E-state index contributed by atoms with van der Waals surface area (Å²) in [5.41, 5.74) is 2.16. The van der Waals surface area contributed by atoms with E-state index in [-0.39, 0.29) is 5.91 Å². The zero-order valence-corrected chi connectivity index (χ0v) is 12.8. The van der Waals surface area contributed by atoms with Crippen LogP contribution in [0.15, 0.2) is 42.5 Å². The minimum absolute atomic E-state index is 0.201. The molecule has 0 atom stereocenters. The molecule has 0 saturated heterocycles. The van der Waals surface area contributed by atoms with E-state index in [2.05, 4.69) is 21.2 Å². The maximum Gasteiger partial charge on any atom is 0.251 e. The van der Waals surface area contributed by atoms with Crippen LogP contribution in [0.3, 0.4) is 0 Å². The van der Waals surface area contributed by atoms with Gasteiger partial charge >= 0.3 is 0 Å². The van der Waals surface area contributed by atoms with E-state index in [1.165, 1.54) is 12.1 Å². The molecule has 0 aromatic heterocycles. The van der Waals surface area contributed by atoms with Crippen LogP contribution >= 0.6 is 15.9 Å². The zero-order valence-electron chi connectivity index (χ0n) is 11.2. The van der Waals surface area contributed by atoms with Gasteiger partial charge in [-0.1, -0.05) is 28.1 Å². The second-order valence-electron chi connectivity index (χ2n) is 4.61. The maximum atomic E-state index is 13.0. The van der Waals surface area contributed by atoms with Crippen molar-refractivity contribution in [3.05, 3.63) is 70.8 Å². The van der Waals surface area contributed by atoms with Gasteiger partial charge in [-0.2, -0.15) is 0 Å². The van der Waals surface area contributed by atoms with E-state index >= 15 is 0 Å². The van der Waals surface area contributed by atoms with Crippen molar-refractivity contribution in [2.75, 3.05) is 6.54 Å². The topological polar surface area (TPSA) is 29.1 Å². The van der Waals surface area contributed by atoms with Gasteiger partial charge in [0.2, 0.25) is 0 Å². The molecule has 0 unspecified atom stereocenters. The van der Waals surface area contributed by atoms with Gasteiger partial charge in [-0.15, -0.1) is 0 Å². The third kappa shape index (κ3) is 4.63. The Morgan fingerprint density at radius 1 is 1.00 bits per heavy atom. The number of benzene rings is 2. The van der Waals surface area contributed by atoms with Gasteiger partial charge in [-0.25, -0.2) is 8.78 Å². The van der Waals surface area contributed by atoms with Crippen molar-refractivity contribution in [3.8, 4) is 0 Å². The summed E-state index contributed by atoms with van der Waals surface area (Å²) in [5.74, 6) is -1.42. The first-order valence-electron chi connectivity index (χ1n) is 6.46. The quantitative estimate of drug-likeness (QED) is 0.813. The molecule has 0 radical (unpaired) electrons. The molecule has 0 aliphatic carbocycles. The first-order valence-corrected chi connectivity index (χ1v) is 7.58. The number of amides is 1. The van der Waals surface area contributed by atoms with E-state index in [1.807, 2.05) is 12.1 Å². The van der Waals surface area contributed by atoms with Crippen molar-refractivity contribution in [2.24, 2.45) is 0 Å². The zero-order chi connectivity index (χ0) is 15.2. The summed E-state index contributed by atoms with van der Waals surface area (Å²) in [6.45, 7) is 0.321. The van der Waals surface area contributed by atoms with Crippen LogP contribution in [0.4, 0.5) is 8.78 Å². The molecule has 1 amide bonds. The fourth-order valence-electron chi connectivity index (χ4n) is 1.92. The Hall–Kier alpha value is -1.75. The molecule has 21 heavy (non-hydrogen) atoms. The van der Waals surface area contributed by atoms with Crippen molar-refractivity contribution in [2.45, 2.75) is 11.8 Å². The number of carbonyl (C=O) groups excluding carboxylic acids is 1. The Morgan fingerprint density at radius 2 is 1.62 bits per heavy atom. The normalized spacial score (nSPS) is 10.4. The lowest BCUT2D eigenvalue weighted by Crippen LogP contribution is -2.25. The van der Waals surface area contributed by atoms with Crippen LogP contribution in [0.1, 0.15) is 21.5 Å². The number of halogens is 3. The molecule has 0 spiro atoms. The molecule has 0 heterocycles. The minimum atomic E-state index is -0.610. The minimum Gasteiger partial charge on any atom is -0.352 e. The second-order valence-corrected chi connectivity index (χ2v) is 5.17. The smallest absolute Gasteiger partial charge is 0.251 e. The number of hydrogen-bond acceptors (Lipinski definition) is 1. The van der Waals surface area contributed by atoms with Crippen LogP contribution < -0.4 is 5.32 Å². The van der Waals surface area contributed by atoms with Gasteiger partial charge in [-0.3, -0.25) is 4.79 Å². The summed E-state index contributed by atoms with van der Waals surface area (Å²) in [5, 5.41) is 3.46. The molecule has 5 heteroatoms. The Morgan fingerprint density at radius 3 is 2.19 bits per heavy atom. The molecular formula is C16H14BrF2NO. The summed E-state index contributed by atoms with van der Waals surface area (Å²) in [6.07, 6.45) is 0.375. The second kappa shape index (κ2) is 7.31. The van der Waals surface area contributed by atoms with Crippen LogP contribution in [0.5, 0.6) is 0 Å². The molecule has 0 aliphatic rings. The highest BCUT2D eigenvalue weighted by Gasteiger charge is 2.05. The monoisotopic (exact) mass is 353 g/mol. The fraction of sp³-hybridized carbons (Fsp3) is 0.188. The SMILES string of the molecule is O=C(NCCc1cc(F)cc(F)c1)c1ccc(CBr)cc1.